The van der Waals surface area contributed by atoms with Gasteiger partial charge in [-0.1, -0.05) is 23.8 Å². The highest BCUT2D eigenvalue weighted by Gasteiger charge is 2.15. The number of fused-ring (bicyclic) bond motifs is 1. The number of hydrogen-bond donors (Lipinski definition) is 1. The molecular weight excluding hydrogens is 222 g/mol. The summed E-state index contributed by atoms with van der Waals surface area (Å²) >= 11 is 0. The van der Waals surface area contributed by atoms with Crippen molar-refractivity contribution in [2.45, 2.75) is 13.8 Å². The second-order valence-corrected chi connectivity index (χ2v) is 4.76. The molecule has 90 valence electrons. The van der Waals surface area contributed by atoms with E-state index in [1.54, 1.807) is 0 Å². The zero-order valence-corrected chi connectivity index (χ0v) is 10.9. The third-order valence-electron chi connectivity index (χ3n) is 3.33. The summed E-state index contributed by atoms with van der Waals surface area (Å²) < 4.78 is 2.00. The van der Waals surface area contributed by atoms with Crippen molar-refractivity contribution in [2.24, 2.45) is 7.05 Å². The van der Waals surface area contributed by atoms with E-state index in [9.17, 15) is 0 Å². The Hall–Kier alpha value is -2.16. The SMILES string of the molecule is Cc1ccc(-c2nc[n+](C)c3[nH]ccc23)c(C)c1. The van der Waals surface area contributed by atoms with Gasteiger partial charge in [-0.25, -0.2) is 4.57 Å². The average molecular weight is 238 g/mol. The van der Waals surface area contributed by atoms with Crippen molar-refractivity contribution < 1.29 is 4.57 Å². The van der Waals surface area contributed by atoms with Crippen LogP contribution < -0.4 is 4.57 Å². The lowest BCUT2D eigenvalue weighted by Gasteiger charge is -2.05. The fourth-order valence-electron chi connectivity index (χ4n) is 2.41. The first-order chi connectivity index (χ1) is 8.66. The molecule has 0 bridgehead atoms. The molecule has 18 heavy (non-hydrogen) atoms. The lowest BCUT2D eigenvalue weighted by atomic mass is 10.0. The second-order valence-electron chi connectivity index (χ2n) is 4.76. The summed E-state index contributed by atoms with van der Waals surface area (Å²) in [6.45, 7) is 4.25. The van der Waals surface area contributed by atoms with Crippen LogP contribution in [0.1, 0.15) is 11.1 Å². The van der Waals surface area contributed by atoms with Crippen molar-refractivity contribution in [1.29, 1.82) is 0 Å². The van der Waals surface area contributed by atoms with Crippen molar-refractivity contribution in [3.05, 3.63) is 47.9 Å². The van der Waals surface area contributed by atoms with Crippen molar-refractivity contribution in [3.63, 3.8) is 0 Å². The number of nitrogens with zero attached hydrogens (tertiary/aromatic N) is 2. The monoisotopic (exact) mass is 238 g/mol. The topological polar surface area (TPSA) is 32.6 Å². The van der Waals surface area contributed by atoms with Crippen molar-refractivity contribution >= 4 is 11.0 Å². The van der Waals surface area contributed by atoms with E-state index >= 15 is 0 Å². The molecule has 0 aliphatic carbocycles. The number of aromatic amines is 1. The van der Waals surface area contributed by atoms with E-state index in [1.807, 2.05) is 24.1 Å². The average Bonchev–Trinajstić information content (AvgIpc) is 2.81. The maximum Gasteiger partial charge on any atom is 0.236 e. The lowest BCUT2D eigenvalue weighted by Crippen LogP contribution is -2.29. The highest BCUT2D eigenvalue weighted by atomic mass is 15.0. The number of aryl methyl sites for hydroxylation is 3. The van der Waals surface area contributed by atoms with Gasteiger partial charge in [-0.2, -0.15) is 0 Å². The Balaban J connectivity index is 2.32. The molecule has 2 aromatic heterocycles. The minimum Gasteiger partial charge on any atom is -0.279 e. The summed E-state index contributed by atoms with van der Waals surface area (Å²) in [4.78, 5) is 7.83. The third-order valence-corrected chi connectivity index (χ3v) is 3.33. The largest absolute Gasteiger partial charge is 0.279 e. The van der Waals surface area contributed by atoms with E-state index in [0.717, 1.165) is 16.7 Å². The number of H-pyrrole nitrogens is 1. The van der Waals surface area contributed by atoms with Crippen molar-refractivity contribution in [3.8, 4) is 11.3 Å². The van der Waals surface area contributed by atoms with Crippen LogP contribution in [0.2, 0.25) is 0 Å². The maximum absolute atomic E-state index is 4.58. The Bertz CT molecular complexity index is 726. The molecule has 0 fully saturated rings. The van der Waals surface area contributed by atoms with E-state index in [2.05, 4.69) is 48.1 Å². The Labute approximate surface area is 106 Å². The van der Waals surface area contributed by atoms with Crippen LogP contribution in [0.4, 0.5) is 0 Å². The molecule has 3 aromatic rings. The predicted molar refractivity (Wildman–Crippen MR) is 72.2 cm³/mol. The highest BCUT2D eigenvalue weighted by Crippen LogP contribution is 2.27. The first-order valence-electron chi connectivity index (χ1n) is 6.06. The smallest absolute Gasteiger partial charge is 0.236 e. The highest BCUT2D eigenvalue weighted by molar-refractivity contribution is 5.89. The number of aromatic nitrogens is 3. The van der Waals surface area contributed by atoms with Crippen LogP contribution in [0.3, 0.4) is 0 Å². The van der Waals surface area contributed by atoms with Gasteiger partial charge in [0.2, 0.25) is 12.0 Å². The minimum absolute atomic E-state index is 1.04. The van der Waals surface area contributed by atoms with Gasteiger partial charge in [0, 0.05) is 5.56 Å². The molecule has 3 rings (SSSR count). The van der Waals surface area contributed by atoms with E-state index in [-0.39, 0.29) is 0 Å². The van der Waals surface area contributed by atoms with Gasteiger partial charge < -0.3 is 0 Å². The van der Waals surface area contributed by atoms with Gasteiger partial charge in [-0.3, -0.25) is 4.98 Å². The molecule has 1 aromatic carbocycles. The molecule has 0 saturated carbocycles. The molecular formula is C15H16N3+. The summed E-state index contributed by atoms with van der Waals surface area (Å²) in [6.07, 6.45) is 3.81. The summed E-state index contributed by atoms with van der Waals surface area (Å²) in [5.41, 5.74) is 5.88. The van der Waals surface area contributed by atoms with Crippen LogP contribution in [-0.4, -0.2) is 9.97 Å². The summed E-state index contributed by atoms with van der Waals surface area (Å²) in [6, 6.07) is 8.56. The van der Waals surface area contributed by atoms with E-state index in [4.69, 9.17) is 0 Å². The summed E-state index contributed by atoms with van der Waals surface area (Å²) in [5, 5.41) is 1.16. The number of nitrogens with one attached hydrogen (secondary N) is 1. The second kappa shape index (κ2) is 3.95. The van der Waals surface area contributed by atoms with E-state index in [0.29, 0.717) is 0 Å². The molecule has 3 heteroatoms. The molecule has 1 N–H and O–H groups in total. The molecule has 0 atom stereocenters. The van der Waals surface area contributed by atoms with Crippen LogP contribution >= 0.6 is 0 Å². The number of rotatable bonds is 1. The molecule has 0 amide bonds. The maximum atomic E-state index is 4.58. The molecule has 0 radical (unpaired) electrons. The number of hydrogen-bond acceptors (Lipinski definition) is 1. The van der Waals surface area contributed by atoms with Gasteiger partial charge >= 0.3 is 0 Å². The molecule has 0 aliphatic rings. The molecule has 3 nitrogen and oxygen atoms in total. The standard InChI is InChI=1S/C15H15N3/c1-10-4-5-12(11(2)8-10)14-13-6-7-16-15(13)18(3)9-17-14/h4-9H,1-3H3/p+1. The van der Waals surface area contributed by atoms with Crippen LogP contribution in [-0.2, 0) is 7.05 Å². The van der Waals surface area contributed by atoms with Gasteiger partial charge in [0.1, 0.15) is 0 Å². The first-order valence-corrected chi connectivity index (χ1v) is 6.06. The minimum atomic E-state index is 1.04. The van der Waals surface area contributed by atoms with E-state index in [1.165, 1.54) is 16.7 Å². The van der Waals surface area contributed by atoms with Gasteiger partial charge in [0.25, 0.3) is 0 Å². The Kier molecular flexibility index (Phi) is 2.40. The summed E-state index contributed by atoms with van der Waals surface area (Å²) in [7, 11) is 2.00. The van der Waals surface area contributed by atoms with Gasteiger partial charge in [0.15, 0.2) is 5.69 Å². The van der Waals surface area contributed by atoms with Crippen molar-refractivity contribution in [1.82, 2.24) is 9.97 Å². The Morgan fingerprint density at radius 1 is 1.17 bits per heavy atom. The normalized spacial score (nSPS) is 11.1. The van der Waals surface area contributed by atoms with Gasteiger partial charge in [0.05, 0.1) is 18.6 Å². The number of benzene rings is 1. The zero-order chi connectivity index (χ0) is 12.7. The van der Waals surface area contributed by atoms with Crippen LogP contribution in [0.25, 0.3) is 22.3 Å². The fraction of sp³-hybridized carbons (Fsp3) is 0.200. The lowest BCUT2D eigenvalue weighted by molar-refractivity contribution is -0.649. The Morgan fingerprint density at radius 2 is 2.00 bits per heavy atom. The van der Waals surface area contributed by atoms with Crippen molar-refractivity contribution in [2.75, 3.05) is 0 Å². The molecule has 0 saturated heterocycles. The van der Waals surface area contributed by atoms with Crippen LogP contribution in [0, 0.1) is 13.8 Å². The van der Waals surface area contributed by atoms with Crippen LogP contribution in [0.5, 0.6) is 0 Å². The quantitative estimate of drug-likeness (QED) is 0.649. The Morgan fingerprint density at radius 3 is 2.78 bits per heavy atom. The van der Waals surface area contributed by atoms with Gasteiger partial charge in [-0.05, 0) is 25.5 Å². The predicted octanol–water partition coefficient (Wildman–Crippen LogP) is 2.67. The zero-order valence-electron chi connectivity index (χ0n) is 10.9. The van der Waals surface area contributed by atoms with E-state index < -0.39 is 0 Å². The molecule has 2 heterocycles. The van der Waals surface area contributed by atoms with Crippen LogP contribution in [0.15, 0.2) is 36.8 Å². The van der Waals surface area contributed by atoms with Gasteiger partial charge in [-0.15, -0.1) is 4.98 Å². The molecule has 0 unspecified atom stereocenters. The fourth-order valence-corrected chi connectivity index (χ4v) is 2.41. The molecule has 0 aliphatic heterocycles. The summed E-state index contributed by atoms with van der Waals surface area (Å²) in [5.74, 6) is 0. The first kappa shape index (κ1) is 11.0. The third kappa shape index (κ3) is 1.59. The molecule has 0 spiro atoms.